The highest BCUT2D eigenvalue weighted by molar-refractivity contribution is 8.18. The molecule has 0 bridgehead atoms. The molecule has 1 heterocycles. The van der Waals surface area contributed by atoms with Gasteiger partial charge >= 0.3 is 0 Å². The van der Waals surface area contributed by atoms with Crippen molar-refractivity contribution in [2.75, 3.05) is 34.4 Å². The number of hydrogen-bond acceptors (Lipinski definition) is 7. The van der Waals surface area contributed by atoms with Crippen LogP contribution in [0.4, 0.5) is 4.79 Å². The van der Waals surface area contributed by atoms with Gasteiger partial charge in [-0.05, 0) is 35.5 Å². The topological polar surface area (TPSA) is 91.1 Å². The summed E-state index contributed by atoms with van der Waals surface area (Å²) in [5.41, 5.74) is 6.08. The Morgan fingerprint density at radius 1 is 1.12 bits per heavy atom. The molecule has 1 aromatic carbocycles. The van der Waals surface area contributed by atoms with Gasteiger partial charge in [0.1, 0.15) is 0 Å². The lowest BCUT2D eigenvalue weighted by Gasteiger charge is -2.13. The Morgan fingerprint density at radius 2 is 1.71 bits per heavy atom. The molecule has 0 atom stereocenters. The lowest BCUT2D eigenvalue weighted by Crippen LogP contribution is -2.33. The number of ether oxygens (including phenoxy) is 3. The molecule has 1 fully saturated rings. The second kappa shape index (κ2) is 8.81. The van der Waals surface area contributed by atoms with E-state index in [4.69, 9.17) is 19.9 Å². The quantitative estimate of drug-likeness (QED) is 0.762. The highest BCUT2D eigenvalue weighted by Gasteiger charge is 2.34. The summed E-state index contributed by atoms with van der Waals surface area (Å²) in [4.78, 5) is 25.5. The van der Waals surface area contributed by atoms with Gasteiger partial charge in [0.25, 0.3) is 11.1 Å². The van der Waals surface area contributed by atoms with Crippen molar-refractivity contribution < 1.29 is 23.8 Å². The van der Waals surface area contributed by atoms with Crippen LogP contribution >= 0.6 is 24.2 Å². The van der Waals surface area contributed by atoms with Crippen LogP contribution in [0, 0.1) is 0 Å². The average Bonchev–Trinajstić information content (AvgIpc) is 2.81. The van der Waals surface area contributed by atoms with Crippen molar-refractivity contribution in [1.29, 1.82) is 0 Å². The number of amides is 2. The number of carbonyl (C=O) groups is 2. The molecule has 24 heavy (non-hydrogen) atoms. The molecule has 1 aliphatic rings. The minimum atomic E-state index is -0.348. The number of imide groups is 1. The van der Waals surface area contributed by atoms with Crippen LogP contribution in [0.25, 0.3) is 6.08 Å². The number of nitrogens with two attached hydrogens (primary N) is 1. The number of thioether (sulfide) groups is 1. The molecule has 0 radical (unpaired) electrons. The summed E-state index contributed by atoms with van der Waals surface area (Å²) in [6, 6.07) is 3.41. The van der Waals surface area contributed by atoms with Gasteiger partial charge < -0.3 is 19.9 Å². The van der Waals surface area contributed by atoms with Crippen LogP contribution in [0.3, 0.4) is 0 Å². The van der Waals surface area contributed by atoms with Crippen molar-refractivity contribution in [2.24, 2.45) is 5.73 Å². The van der Waals surface area contributed by atoms with Crippen LogP contribution in [0.5, 0.6) is 17.2 Å². The van der Waals surface area contributed by atoms with Gasteiger partial charge in [-0.1, -0.05) is 0 Å². The Labute approximate surface area is 150 Å². The maximum atomic E-state index is 12.2. The number of carbonyl (C=O) groups excluding carboxylic acids is 2. The second-order valence-corrected chi connectivity index (χ2v) is 5.57. The lowest BCUT2D eigenvalue weighted by atomic mass is 10.1. The first-order chi connectivity index (χ1) is 11.0. The first kappa shape index (κ1) is 20.1. The molecule has 2 N–H and O–H groups in total. The Balaban J connectivity index is 0.00000288. The maximum absolute atomic E-state index is 12.2. The van der Waals surface area contributed by atoms with Crippen molar-refractivity contribution in [2.45, 2.75) is 0 Å². The average molecular weight is 375 g/mol. The predicted molar refractivity (Wildman–Crippen MR) is 95.1 cm³/mol. The molecule has 0 spiro atoms. The Morgan fingerprint density at radius 3 is 2.17 bits per heavy atom. The van der Waals surface area contributed by atoms with E-state index in [0.717, 1.165) is 16.7 Å². The number of nitrogens with zero attached hydrogens (tertiary/aromatic N) is 1. The highest BCUT2D eigenvalue weighted by Crippen LogP contribution is 2.40. The lowest BCUT2D eigenvalue weighted by molar-refractivity contribution is -0.122. The van der Waals surface area contributed by atoms with E-state index in [2.05, 4.69) is 0 Å². The smallest absolute Gasteiger partial charge is 0.293 e. The van der Waals surface area contributed by atoms with Crippen LogP contribution in [0.15, 0.2) is 17.0 Å². The molecular formula is C15H19ClN2O5S. The summed E-state index contributed by atoms with van der Waals surface area (Å²) in [6.07, 6.45) is 1.62. The van der Waals surface area contributed by atoms with Gasteiger partial charge in [0.05, 0.1) is 26.2 Å². The van der Waals surface area contributed by atoms with Crippen LogP contribution in [-0.2, 0) is 4.79 Å². The summed E-state index contributed by atoms with van der Waals surface area (Å²) >= 11 is 0.884. The monoisotopic (exact) mass is 374 g/mol. The van der Waals surface area contributed by atoms with Crippen molar-refractivity contribution in [1.82, 2.24) is 4.90 Å². The normalized spacial score (nSPS) is 15.5. The minimum absolute atomic E-state index is 0. The number of halogens is 1. The molecular weight excluding hydrogens is 356 g/mol. The van der Waals surface area contributed by atoms with E-state index in [9.17, 15) is 9.59 Å². The molecule has 7 nitrogen and oxygen atoms in total. The molecule has 132 valence electrons. The molecule has 9 heteroatoms. The third kappa shape index (κ3) is 3.95. The molecule has 0 saturated carbocycles. The van der Waals surface area contributed by atoms with Gasteiger partial charge in [-0.3, -0.25) is 14.5 Å². The molecule has 2 amide bonds. The van der Waals surface area contributed by atoms with E-state index in [1.54, 1.807) is 18.2 Å². The van der Waals surface area contributed by atoms with Crippen molar-refractivity contribution in [3.63, 3.8) is 0 Å². The maximum Gasteiger partial charge on any atom is 0.293 e. The molecule has 1 aliphatic heterocycles. The van der Waals surface area contributed by atoms with Crippen LogP contribution in [-0.4, -0.2) is 50.5 Å². The van der Waals surface area contributed by atoms with E-state index in [1.165, 1.54) is 21.3 Å². The summed E-state index contributed by atoms with van der Waals surface area (Å²) in [6.45, 7) is 0.437. The minimum Gasteiger partial charge on any atom is -0.493 e. The fraction of sp³-hybridized carbons (Fsp3) is 0.333. The zero-order valence-electron chi connectivity index (χ0n) is 13.5. The number of hydrogen-bond donors (Lipinski definition) is 1. The largest absolute Gasteiger partial charge is 0.493 e. The first-order valence-corrected chi connectivity index (χ1v) is 7.62. The van der Waals surface area contributed by atoms with Crippen molar-refractivity contribution in [3.8, 4) is 17.2 Å². The van der Waals surface area contributed by atoms with Gasteiger partial charge in [-0.15, -0.1) is 12.4 Å². The van der Waals surface area contributed by atoms with Crippen molar-refractivity contribution in [3.05, 3.63) is 22.6 Å². The molecule has 0 unspecified atom stereocenters. The van der Waals surface area contributed by atoms with Crippen LogP contribution in [0.1, 0.15) is 5.56 Å². The van der Waals surface area contributed by atoms with Crippen LogP contribution in [0.2, 0.25) is 0 Å². The standard InChI is InChI=1S/C15H18N2O5S.ClH/c1-20-10-6-9(7-11(21-2)13(10)22-3)8-12-14(18)17(5-4-16)15(19)23-12;/h6-8H,4-5,16H2,1-3H3;1H. The molecule has 2 rings (SSSR count). The number of methoxy groups -OCH3 is 3. The van der Waals surface area contributed by atoms with E-state index in [0.29, 0.717) is 27.7 Å². The van der Waals surface area contributed by atoms with Gasteiger partial charge in [-0.25, -0.2) is 0 Å². The molecule has 1 aromatic rings. The zero-order valence-corrected chi connectivity index (χ0v) is 15.2. The highest BCUT2D eigenvalue weighted by atomic mass is 35.5. The Bertz CT molecular complexity index is 640. The van der Waals surface area contributed by atoms with Gasteiger partial charge in [-0.2, -0.15) is 0 Å². The fourth-order valence-corrected chi connectivity index (χ4v) is 3.02. The van der Waals surface area contributed by atoms with Crippen molar-refractivity contribution >= 4 is 41.4 Å². The third-order valence-electron chi connectivity index (χ3n) is 3.21. The number of benzene rings is 1. The fourth-order valence-electron chi connectivity index (χ4n) is 2.16. The van der Waals surface area contributed by atoms with E-state index in [1.807, 2.05) is 0 Å². The SMILES string of the molecule is COc1cc(C=C2SC(=O)N(CCN)C2=O)cc(OC)c1OC.Cl. The summed E-state index contributed by atoms with van der Waals surface area (Å²) in [5, 5.41) is -0.320. The molecule has 0 aliphatic carbocycles. The first-order valence-electron chi connectivity index (χ1n) is 6.81. The van der Waals surface area contributed by atoms with Crippen LogP contribution < -0.4 is 19.9 Å². The summed E-state index contributed by atoms with van der Waals surface area (Å²) in [7, 11) is 4.53. The number of rotatable bonds is 6. The van der Waals surface area contributed by atoms with E-state index in [-0.39, 0.29) is 36.6 Å². The second-order valence-electron chi connectivity index (χ2n) is 4.58. The third-order valence-corrected chi connectivity index (χ3v) is 4.12. The Kier molecular flexibility index (Phi) is 7.40. The van der Waals surface area contributed by atoms with Gasteiger partial charge in [0, 0.05) is 13.1 Å². The van der Waals surface area contributed by atoms with E-state index < -0.39 is 0 Å². The van der Waals surface area contributed by atoms with Gasteiger partial charge in [0.15, 0.2) is 11.5 Å². The summed E-state index contributed by atoms with van der Waals surface area (Å²) < 4.78 is 15.8. The molecule has 0 aromatic heterocycles. The zero-order chi connectivity index (χ0) is 17.0. The summed E-state index contributed by atoms with van der Waals surface area (Å²) in [5.74, 6) is 1.06. The van der Waals surface area contributed by atoms with E-state index >= 15 is 0 Å². The van der Waals surface area contributed by atoms with Gasteiger partial charge in [0.2, 0.25) is 5.75 Å². The predicted octanol–water partition coefficient (Wildman–Crippen LogP) is 2.13. The Hall–Kier alpha value is -1.90. The molecule has 1 saturated heterocycles.